The van der Waals surface area contributed by atoms with E-state index < -0.39 is 5.60 Å². The molecule has 3 aromatic heterocycles. The van der Waals surface area contributed by atoms with E-state index in [4.69, 9.17) is 9.72 Å². The number of carbonyl (C=O) groups excluding carboxylic acids is 1. The fourth-order valence-corrected chi connectivity index (χ4v) is 5.78. The monoisotopic (exact) mass is 539 g/mol. The molecule has 5 rings (SSSR count). The van der Waals surface area contributed by atoms with Crippen LogP contribution in [-0.4, -0.2) is 55.9 Å². The quantitative estimate of drug-likeness (QED) is 0.236. The molecular weight excluding hydrogens is 498 g/mol. The van der Waals surface area contributed by atoms with E-state index >= 15 is 0 Å². The van der Waals surface area contributed by atoms with Gasteiger partial charge in [-0.3, -0.25) is 4.79 Å². The Bertz CT molecular complexity index is 1470. The molecule has 2 atom stereocenters. The van der Waals surface area contributed by atoms with Gasteiger partial charge >= 0.3 is 5.97 Å². The van der Waals surface area contributed by atoms with Crippen LogP contribution < -0.4 is 0 Å². The highest BCUT2D eigenvalue weighted by Gasteiger charge is 2.28. The number of hydrogen-bond donors (Lipinski definition) is 0. The Labute approximate surface area is 237 Å². The SMILES string of the molecule is Cc1cc(C)n(-c2cccc(C(CC(=O)OC(C)(C)C)CN3CC[C@@H](CCc4ccc5cccnc5n4)C3)c2)n1. The van der Waals surface area contributed by atoms with Gasteiger partial charge in [0.05, 0.1) is 17.8 Å². The summed E-state index contributed by atoms with van der Waals surface area (Å²) >= 11 is 0. The molecule has 0 saturated carbocycles. The Morgan fingerprint density at radius 2 is 1.95 bits per heavy atom. The predicted octanol–water partition coefficient (Wildman–Crippen LogP) is 6.20. The topological polar surface area (TPSA) is 73.1 Å². The first-order chi connectivity index (χ1) is 19.1. The molecule has 1 aliphatic heterocycles. The molecule has 1 saturated heterocycles. The van der Waals surface area contributed by atoms with Gasteiger partial charge in [0.1, 0.15) is 5.60 Å². The van der Waals surface area contributed by atoms with Crippen LogP contribution in [0, 0.1) is 19.8 Å². The lowest BCUT2D eigenvalue weighted by molar-refractivity contribution is -0.155. The number of esters is 1. The van der Waals surface area contributed by atoms with Crippen molar-refractivity contribution >= 4 is 17.0 Å². The van der Waals surface area contributed by atoms with Crippen LogP contribution in [0.4, 0.5) is 0 Å². The summed E-state index contributed by atoms with van der Waals surface area (Å²) in [6.45, 7) is 12.8. The summed E-state index contributed by atoms with van der Waals surface area (Å²) in [7, 11) is 0. The average molecular weight is 540 g/mol. The zero-order chi connectivity index (χ0) is 28.3. The molecule has 0 N–H and O–H groups in total. The van der Waals surface area contributed by atoms with E-state index in [0.717, 1.165) is 78.3 Å². The van der Waals surface area contributed by atoms with Crippen LogP contribution in [0.1, 0.15) is 68.6 Å². The zero-order valence-corrected chi connectivity index (χ0v) is 24.4. The molecule has 7 heteroatoms. The van der Waals surface area contributed by atoms with Crippen molar-refractivity contribution in [3.63, 3.8) is 0 Å². The highest BCUT2D eigenvalue weighted by molar-refractivity contribution is 5.74. The van der Waals surface area contributed by atoms with Gasteiger partial charge in [-0.1, -0.05) is 12.1 Å². The third-order valence-electron chi connectivity index (χ3n) is 7.61. The van der Waals surface area contributed by atoms with Gasteiger partial charge in [0.25, 0.3) is 0 Å². The summed E-state index contributed by atoms with van der Waals surface area (Å²) in [4.78, 5) is 24.7. The highest BCUT2D eigenvalue weighted by Crippen LogP contribution is 2.29. The number of hydrogen-bond acceptors (Lipinski definition) is 6. The van der Waals surface area contributed by atoms with Gasteiger partial charge < -0.3 is 9.64 Å². The first kappa shape index (κ1) is 28.0. The summed E-state index contributed by atoms with van der Waals surface area (Å²) < 4.78 is 7.72. The summed E-state index contributed by atoms with van der Waals surface area (Å²) in [5.74, 6) is 0.504. The van der Waals surface area contributed by atoms with Gasteiger partial charge in [-0.05, 0) is 114 Å². The molecule has 1 aliphatic rings. The van der Waals surface area contributed by atoms with Crippen molar-refractivity contribution in [2.45, 2.75) is 71.8 Å². The molecule has 0 radical (unpaired) electrons. The minimum Gasteiger partial charge on any atom is -0.460 e. The number of benzene rings is 1. The maximum absolute atomic E-state index is 13.0. The molecule has 40 heavy (non-hydrogen) atoms. The van der Waals surface area contributed by atoms with Crippen LogP contribution in [0.2, 0.25) is 0 Å². The lowest BCUT2D eigenvalue weighted by Gasteiger charge is -2.26. The van der Waals surface area contributed by atoms with E-state index in [1.54, 1.807) is 6.20 Å². The van der Waals surface area contributed by atoms with Gasteiger partial charge in [-0.15, -0.1) is 0 Å². The lowest BCUT2D eigenvalue weighted by Crippen LogP contribution is -2.30. The van der Waals surface area contributed by atoms with E-state index in [9.17, 15) is 4.79 Å². The number of ether oxygens (including phenoxy) is 1. The number of nitrogens with zero attached hydrogens (tertiary/aromatic N) is 5. The zero-order valence-electron chi connectivity index (χ0n) is 24.4. The van der Waals surface area contributed by atoms with E-state index in [1.807, 2.05) is 38.4 Å². The molecule has 1 unspecified atom stereocenters. The van der Waals surface area contributed by atoms with Gasteiger partial charge in [-0.25, -0.2) is 14.6 Å². The van der Waals surface area contributed by atoms with Crippen molar-refractivity contribution < 1.29 is 9.53 Å². The van der Waals surface area contributed by atoms with E-state index in [1.165, 1.54) is 0 Å². The Morgan fingerprint density at radius 3 is 2.73 bits per heavy atom. The smallest absolute Gasteiger partial charge is 0.306 e. The molecule has 7 nitrogen and oxygen atoms in total. The maximum Gasteiger partial charge on any atom is 0.306 e. The molecule has 0 amide bonds. The Kier molecular flexibility index (Phi) is 8.31. The molecule has 210 valence electrons. The van der Waals surface area contributed by atoms with Gasteiger partial charge in [0, 0.05) is 42.0 Å². The van der Waals surface area contributed by atoms with Crippen LogP contribution in [-0.2, 0) is 16.0 Å². The highest BCUT2D eigenvalue weighted by atomic mass is 16.6. The van der Waals surface area contributed by atoms with Crippen LogP contribution in [0.15, 0.2) is 60.8 Å². The second-order valence-electron chi connectivity index (χ2n) is 12.2. The number of likely N-dealkylation sites (tertiary alicyclic amines) is 1. The van der Waals surface area contributed by atoms with Crippen LogP contribution >= 0.6 is 0 Å². The second-order valence-corrected chi connectivity index (χ2v) is 12.2. The maximum atomic E-state index is 13.0. The second kappa shape index (κ2) is 11.9. The lowest BCUT2D eigenvalue weighted by atomic mass is 9.94. The Balaban J connectivity index is 1.27. The number of carbonyl (C=O) groups is 1. The standard InChI is InChI=1S/C33H41N5O2/c1-23-18-24(2)38(36-23)30-10-6-8-27(19-30)28(20-31(39)40-33(3,4)5)22-37-17-15-25(21-37)11-13-29-14-12-26-9-7-16-34-32(26)35-29/h6-10,12,14,16,18-19,25,28H,11,13,15,17,20-22H2,1-5H3/t25-,28?/m1/s1. The number of aromatic nitrogens is 4. The van der Waals surface area contributed by atoms with Crippen molar-refractivity contribution in [1.29, 1.82) is 0 Å². The largest absolute Gasteiger partial charge is 0.460 e. The number of aryl methyl sites for hydroxylation is 3. The summed E-state index contributed by atoms with van der Waals surface area (Å²) in [6, 6.07) is 18.8. The molecular formula is C33H41N5O2. The fourth-order valence-electron chi connectivity index (χ4n) is 5.78. The number of fused-ring (bicyclic) bond motifs is 1. The van der Waals surface area contributed by atoms with Crippen molar-refractivity contribution in [2.75, 3.05) is 19.6 Å². The van der Waals surface area contributed by atoms with E-state index in [0.29, 0.717) is 12.3 Å². The normalized spacial score (nSPS) is 16.9. The molecule has 0 bridgehead atoms. The van der Waals surface area contributed by atoms with E-state index in [-0.39, 0.29) is 11.9 Å². The molecule has 4 heterocycles. The fraction of sp³-hybridized carbons (Fsp3) is 0.455. The molecule has 0 aliphatic carbocycles. The van der Waals surface area contributed by atoms with Crippen LogP contribution in [0.25, 0.3) is 16.7 Å². The third kappa shape index (κ3) is 7.13. The minimum atomic E-state index is -0.502. The van der Waals surface area contributed by atoms with Crippen molar-refractivity contribution in [3.8, 4) is 5.69 Å². The predicted molar refractivity (Wildman–Crippen MR) is 159 cm³/mol. The van der Waals surface area contributed by atoms with E-state index in [2.05, 4.69) is 70.4 Å². The molecule has 0 spiro atoms. The molecule has 1 fully saturated rings. The Morgan fingerprint density at radius 1 is 1.10 bits per heavy atom. The van der Waals surface area contributed by atoms with Crippen molar-refractivity contribution in [2.24, 2.45) is 5.92 Å². The van der Waals surface area contributed by atoms with Gasteiger partial charge in [0.15, 0.2) is 5.65 Å². The Hall–Kier alpha value is -3.58. The minimum absolute atomic E-state index is 0.0405. The number of pyridine rings is 2. The molecule has 1 aromatic carbocycles. The summed E-state index contributed by atoms with van der Waals surface area (Å²) in [5, 5.41) is 5.75. The number of rotatable bonds is 9. The van der Waals surface area contributed by atoms with Crippen molar-refractivity contribution in [3.05, 3.63) is 83.4 Å². The average Bonchev–Trinajstić information content (AvgIpc) is 3.50. The molecule has 4 aromatic rings. The first-order valence-corrected chi connectivity index (χ1v) is 14.4. The summed E-state index contributed by atoms with van der Waals surface area (Å²) in [5.41, 5.74) is 5.68. The van der Waals surface area contributed by atoms with Gasteiger partial charge in [-0.2, -0.15) is 5.10 Å². The third-order valence-corrected chi connectivity index (χ3v) is 7.61. The summed E-state index contributed by atoms with van der Waals surface area (Å²) in [6.07, 6.45) is 5.38. The first-order valence-electron chi connectivity index (χ1n) is 14.4. The van der Waals surface area contributed by atoms with Crippen LogP contribution in [0.5, 0.6) is 0 Å². The van der Waals surface area contributed by atoms with Crippen molar-refractivity contribution in [1.82, 2.24) is 24.6 Å². The van der Waals surface area contributed by atoms with Crippen LogP contribution in [0.3, 0.4) is 0 Å². The van der Waals surface area contributed by atoms with Gasteiger partial charge in [0.2, 0.25) is 0 Å².